The Morgan fingerprint density at radius 3 is 2.21 bits per heavy atom. The van der Waals surface area contributed by atoms with Crippen LogP contribution in [0.2, 0.25) is 0 Å². The normalized spacial score (nSPS) is 27.5. The van der Waals surface area contributed by atoms with Crippen LogP contribution in [0.5, 0.6) is 0 Å². The fourth-order valence-corrected chi connectivity index (χ4v) is 4.06. The lowest BCUT2D eigenvalue weighted by Crippen LogP contribution is -2.46. The fraction of sp³-hybridized carbons (Fsp3) is 0.895. The van der Waals surface area contributed by atoms with Crippen molar-refractivity contribution in [1.82, 2.24) is 5.32 Å². The maximum atomic E-state index is 12.3. The van der Waals surface area contributed by atoms with Crippen molar-refractivity contribution in [2.24, 2.45) is 22.7 Å². The zero-order valence-corrected chi connectivity index (χ0v) is 15.4. The van der Waals surface area contributed by atoms with E-state index in [1.54, 1.807) is 0 Å². The molecule has 5 nitrogen and oxygen atoms in total. The van der Waals surface area contributed by atoms with Crippen molar-refractivity contribution < 1.29 is 19.4 Å². The van der Waals surface area contributed by atoms with Crippen molar-refractivity contribution in [3.63, 3.8) is 0 Å². The van der Waals surface area contributed by atoms with E-state index in [9.17, 15) is 14.7 Å². The lowest BCUT2D eigenvalue weighted by atomic mass is 9.69. The van der Waals surface area contributed by atoms with Crippen LogP contribution in [0, 0.1) is 22.7 Å². The first-order chi connectivity index (χ1) is 11.2. The van der Waals surface area contributed by atoms with Gasteiger partial charge in [0.05, 0.1) is 5.41 Å². The third-order valence-corrected chi connectivity index (χ3v) is 6.07. The van der Waals surface area contributed by atoms with Gasteiger partial charge in [0.15, 0.2) is 0 Å². The number of hydrogen-bond donors (Lipinski definition) is 2. The maximum absolute atomic E-state index is 12.3. The molecule has 0 radical (unpaired) electrons. The molecule has 2 rings (SSSR count). The van der Waals surface area contributed by atoms with Crippen LogP contribution in [-0.2, 0) is 14.3 Å². The highest BCUT2D eigenvalue weighted by atomic mass is 16.5. The molecule has 1 saturated heterocycles. The standard InChI is InChI=1S/C19H33NO4/c1-18(2,3)15-6-4-14(5-7-15)12-16(21)20-13-19(17(22)23)8-10-24-11-9-19/h14-15H,4-13H2,1-3H3,(H,20,21)(H,22,23). The summed E-state index contributed by atoms with van der Waals surface area (Å²) in [6.45, 7) is 8.03. The maximum Gasteiger partial charge on any atom is 0.311 e. The molecule has 0 aromatic carbocycles. The number of rotatable bonds is 5. The Morgan fingerprint density at radius 2 is 1.71 bits per heavy atom. The van der Waals surface area contributed by atoms with E-state index in [2.05, 4.69) is 26.1 Å². The van der Waals surface area contributed by atoms with Gasteiger partial charge in [-0.25, -0.2) is 0 Å². The molecule has 1 saturated carbocycles. The van der Waals surface area contributed by atoms with Crippen molar-refractivity contribution in [1.29, 1.82) is 0 Å². The molecule has 2 N–H and O–H groups in total. The topological polar surface area (TPSA) is 75.6 Å². The first-order valence-electron chi connectivity index (χ1n) is 9.31. The molecule has 1 amide bonds. The second-order valence-corrected chi connectivity index (χ2v) is 8.76. The fourth-order valence-electron chi connectivity index (χ4n) is 4.06. The summed E-state index contributed by atoms with van der Waals surface area (Å²) in [4.78, 5) is 23.9. The van der Waals surface area contributed by atoms with Crippen molar-refractivity contribution in [3.8, 4) is 0 Å². The summed E-state index contributed by atoms with van der Waals surface area (Å²) >= 11 is 0. The Kier molecular flexibility index (Phi) is 6.29. The molecule has 0 spiro atoms. The number of carboxylic acids is 1. The molecular formula is C19H33NO4. The Morgan fingerprint density at radius 1 is 1.12 bits per heavy atom. The van der Waals surface area contributed by atoms with Gasteiger partial charge in [0, 0.05) is 26.2 Å². The molecule has 24 heavy (non-hydrogen) atoms. The molecule has 1 heterocycles. The second-order valence-electron chi connectivity index (χ2n) is 8.76. The van der Waals surface area contributed by atoms with Gasteiger partial charge in [0.2, 0.25) is 5.91 Å². The first-order valence-corrected chi connectivity index (χ1v) is 9.31. The third-order valence-electron chi connectivity index (χ3n) is 6.07. The monoisotopic (exact) mass is 339 g/mol. The van der Waals surface area contributed by atoms with Crippen LogP contribution in [0.1, 0.15) is 65.7 Å². The van der Waals surface area contributed by atoms with Gasteiger partial charge in [0.1, 0.15) is 0 Å². The van der Waals surface area contributed by atoms with Gasteiger partial charge in [0.25, 0.3) is 0 Å². The average molecular weight is 339 g/mol. The summed E-state index contributed by atoms with van der Waals surface area (Å²) in [6.07, 6.45) is 6.07. The molecule has 2 aliphatic rings. The molecule has 138 valence electrons. The summed E-state index contributed by atoms with van der Waals surface area (Å²) in [5, 5.41) is 12.4. The average Bonchev–Trinajstić information content (AvgIpc) is 2.53. The van der Waals surface area contributed by atoms with Gasteiger partial charge >= 0.3 is 5.97 Å². The van der Waals surface area contributed by atoms with Crippen molar-refractivity contribution in [2.45, 2.75) is 65.7 Å². The van der Waals surface area contributed by atoms with Gasteiger partial charge < -0.3 is 15.2 Å². The molecule has 0 atom stereocenters. The minimum absolute atomic E-state index is 0.00123. The van der Waals surface area contributed by atoms with Crippen LogP contribution in [0.4, 0.5) is 0 Å². The molecule has 2 fully saturated rings. The third kappa shape index (κ3) is 4.95. The van der Waals surface area contributed by atoms with E-state index >= 15 is 0 Å². The quantitative estimate of drug-likeness (QED) is 0.806. The van der Waals surface area contributed by atoms with Crippen molar-refractivity contribution in [2.75, 3.05) is 19.8 Å². The number of carbonyl (C=O) groups is 2. The van der Waals surface area contributed by atoms with Crippen LogP contribution in [0.25, 0.3) is 0 Å². The molecule has 5 heteroatoms. The van der Waals surface area contributed by atoms with E-state index in [4.69, 9.17) is 4.74 Å². The van der Waals surface area contributed by atoms with E-state index in [0.29, 0.717) is 43.8 Å². The molecule has 0 aromatic heterocycles. The zero-order chi connectivity index (χ0) is 17.8. The van der Waals surface area contributed by atoms with Gasteiger partial charge in [-0.2, -0.15) is 0 Å². The number of amides is 1. The van der Waals surface area contributed by atoms with Gasteiger partial charge in [-0.1, -0.05) is 20.8 Å². The van der Waals surface area contributed by atoms with Crippen LogP contribution in [-0.4, -0.2) is 36.7 Å². The predicted molar refractivity (Wildman–Crippen MR) is 92.7 cm³/mol. The molecule has 0 unspecified atom stereocenters. The Balaban J connectivity index is 1.76. The Labute approximate surface area is 145 Å². The van der Waals surface area contributed by atoms with Crippen LogP contribution in [0.15, 0.2) is 0 Å². The summed E-state index contributed by atoms with van der Waals surface area (Å²) in [7, 11) is 0. The van der Waals surface area contributed by atoms with E-state index < -0.39 is 11.4 Å². The highest BCUT2D eigenvalue weighted by Crippen LogP contribution is 2.40. The minimum atomic E-state index is -0.849. The number of nitrogens with one attached hydrogen (secondary N) is 1. The largest absolute Gasteiger partial charge is 0.481 e. The molecule has 1 aliphatic heterocycles. The zero-order valence-electron chi connectivity index (χ0n) is 15.4. The van der Waals surface area contributed by atoms with Gasteiger partial charge in [-0.15, -0.1) is 0 Å². The molecule has 0 aromatic rings. The number of ether oxygens (including phenoxy) is 1. The summed E-state index contributed by atoms with van der Waals surface area (Å²) < 4.78 is 5.26. The van der Waals surface area contributed by atoms with E-state index in [1.165, 1.54) is 12.8 Å². The van der Waals surface area contributed by atoms with Crippen LogP contribution < -0.4 is 5.32 Å². The molecule has 1 aliphatic carbocycles. The van der Waals surface area contributed by atoms with E-state index in [1.807, 2.05) is 0 Å². The second kappa shape index (κ2) is 7.85. The Bertz CT molecular complexity index is 441. The lowest BCUT2D eigenvalue weighted by molar-refractivity contribution is -0.154. The lowest BCUT2D eigenvalue weighted by Gasteiger charge is -2.37. The summed E-state index contributed by atoms with van der Waals surface area (Å²) in [5.41, 5.74) is -0.498. The van der Waals surface area contributed by atoms with Gasteiger partial charge in [-0.05, 0) is 55.8 Å². The number of carboxylic acid groups (broad SMARTS) is 1. The summed E-state index contributed by atoms with van der Waals surface area (Å²) in [6, 6.07) is 0. The highest BCUT2D eigenvalue weighted by Gasteiger charge is 2.40. The van der Waals surface area contributed by atoms with E-state index in [-0.39, 0.29) is 12.5 Å². The van der Waals surface area contributed by atoms with Crippen LogP contribution >= 0.6 is 0 Å². The minimum Gasteiger partial charge on any atom is -0.481 e. The first kappa shape index (κ1) is 19.2. The van der Waals surface area contributed by atoms with Crippen molar-refractivity contribution in [3.05, 3.63) is 0 Å². The number of hydrogen-bond acceptors (Lipinski definition) is 3. The summed E-state index contributed by atoms with van der Waals surface area (Å²) in [5.74, 6) is 0.367. The predicted octanol–water partition coefficient (Wildman–Crippen LogP) is 3.23. The molecule has 0 bridgehead atoms. The van der Waals surface area contributed by atoms with Crippen LogP contribution in [0.3, 0.4) is 0 Å². The van der Waals surface area contributed by atoms with Gasteiger partial charge in [-0.3, -0.25) is 9.59 Å². The SMILES string of the molecule is CC(C)(C)C1CCC(CC(=O)NCC2(C(=O)O)CCOCC2)CC1. The van der Waals surface area contributed by atoms with Crippen molar-refractivity contribution >= 4 is 11.9 Å². The Hall–Kier alpha value is -1.10. The highest BCUT2D eigenvalue weighted by molar-refractivity contribution is 5.79. The number of carbonyl (C=O) groups excluding carboxylic acids is 1. The van der Waals surface area contributed by atoms with E-state index in [0.717, 1.165) is 18.8 Å². The number of aliphatic carboxylic acids is 1. The smallest absolute Gasteiger partial charge is 0.311 e. The molecular weight excluding hydrogens is 306 g/mol.